The van der Waals surface area contributed by atoms with Crippen LogP contribution in [0.25, 0.3) is 0 Å². The molecular weight excluding hydrogens is 341 g/mol. The molecule has 0 spiro atoms. The Labute approximate surface area is 140 Å². The minimum atomic E-state index is -4.82. The van der Waals surface area contributed by atoms with Crippen molar-refractivity contribution in [2.75, 3.05) is 0 Å². The molecule has 0 radical (unpaired) electrons. The average molecular weight is 356 g/mol. The second kappa shape index (κ2) is 7.29. The maximum atomic E-state index is 12.2. The number of halogens is 3. The van der Waals surface area contributed by atoms with E-state index in [0.29, 0.717) is 11.3 Å². The van der Waals surface area contributed by atoms with E-state index in [1.807, 2.05) is 0 Å². The fourth-order valence-electron chi connectivity index (χ4n) is 2.26. The molecular formula is C16H15F3N2O4. The molecule has 0 bridgehead atoms. The van der Waals surface area contributed by atoms with E-state index in [0.717, 1.165) is 12.1 Å². The SMILES string of the molecule is Cn1cccc1C(=O)NC(CC(=O)O)c1ccc(OC(F)(F)F)cc1. The summed E-state index contributed by atoms with van der Waals surface area (Å²) in [5, 5.41) is 11.6. The zero-order valence-corrected chi connectivity index (χ0v) is 13.1. The number of aromatic nitrogens is 1. The van der Waals surface area contributed by atoms with Crippen LogP contribution in [0.1, 0.15) is 28.5 Å². The van der Waals surface area contributed by atoms with Gasteiger partial charge in [0.1, 0.15) is 11.4 Å². The Morgan fingerprint density at radius 3 is 2.36 bits per heavy atom. The van der Waals surface area contributed by atoms with Crippen LogP contribution in [0.2, 0.25) is 0 Å². The molecule has 0 aliphatic heterocycles. The van der Waals surface area contributed by atoms with Gasteiger partial charge in [-0.1, -0.05) is 12.1 Å². The van der Waals surface area contributed by atoms with Crippen LogP contribution in [0, 0.1) is 0 Å². The van der Waals surface area contributed by atoms with Crippen LogP contribution in [0.3, 0.4) is 0 Å². The second-order valence-corrected chi connectivity index (χ2v) is 5.25. The number of hydrogen-bond acceptors (Lipinski definition) is 3. The fraction of sp³-hybridized carbons (Fsp3) is 0.250. The van der Waals surface area contributed by atoms with Crippen LogP contribution >= 0.6 is 0 Å². The Morgan fingerprint density at radius 2 is 1.88 bits per heavy atom. The van der Waals surface area contributed by atoms with Gasteiger partial charge in [-0.05, 0) is 29.8 Å². The number of alkyl halides is 3. The van der Waals surface area contributed by atoms with Gasteiger partial charge in [-0.15, -0.1) is 13.2 Å². The largest absolute Gasteiger partial charge is 0.573 e. The highest BCUT2D eigenvalue weighted by Gasteiger charge is 2.31. The van der Waals surface area contributed by atoms with Crippen molar-refractivity contribution < 1.29 is 32.6 Å². The zero-order chi connectivity index (χ0) is 18.6. The fourth-order valence-corrected chi connectivity index (χ4v) is 2.26. The molecule has 1 aromatic heterocycles. The Bertz CT molecular complexity index is 753. The Hall–Kier alpha value is -2.97. The first kappa shape index (κ1) is 18.4. The van der Waals surface area contributed by atoms with Gasteiger partial charge in [-0.25, -0.2) is 0 Å². The van der Waals surface area contributed by atoms with Gasteiger partial charge in [0.15, 0.2) is 0 Å². The summed E-state index contributed by atoms with van der Waals surface area (Å²) in [5.74, 6) is -2.08. The number of aliphatic carboxylic acids is 1. The van der Waals surface area contributed by atoms with Crippen molar-refractivity contribution in [2.24, 2.45) is 7.05 Å². The Morgan fingerprint density at radius 1 is 1.24 bits per heavy atom. The van der Waals surface area contributed by atoms with E-state index < -0.39 is 36.5 Å². The molecule has 0 saturated heterocycles. The third kappa shape index (κ3) is 5.27. The van der Waals surface area contributed by atoms with Crippen molar-refractivity contribution in [2.45, 2.75) is 18.8 Å². The Balaban J connectivity index is 2.18. The molecule has 1 aromatic carbocycles. The predicted molar refractivity (Wildman–Crippen MR) is 81.0 cm³/mol. The number of hydrogen-bond donors (Lipinski definition) is 2. The molecule has 1 atom stereocenters. The van der Waals surface area contributed by atoms with Gasteiger partial charge in [0.2, 0.25) is 0 Å². The summed E-state index contributed by atoms with van der Waals surface area (Å²) in [6, 6.07) is 7.00. The highest BCUT2D eigenvalue weighted by Crippen LogP contribution is 2.25. The molecule has 25 heavy (non-hydrogen) atoms. The van der Waals surface area contributed by atoms with Gasteiger partial charge in [0.25, 0.3) is 5.91 Å². The van der Waals surface area contributed by atoms with Gasteiger partial charge in [0, 0.05) is 13.2 Å². The van der Waals surface area contributed by atoms with Gasteiger partial charge >= 0.3 is 12.3 Å². The average Bonchev–Trinajstić information content (AvgIpc) is 2.91. The molecule has 2 N–H and O–H groups in total. The van der Waals surface area contributed by atoms with E-state index >= 15 is 0 Å². The van der Waals surface area contributed by atoms with Crippen molar-refractivity contribution in [3.63, 3.8) is 0 Å². The number of rotatable bonds is 6. The third-order valence-corrected chi connectivity index (χ3v) is 3.38. The lowest BCUT2D eigenvalue weighted by Gasteiger charge is -2.18. The van der Waals surface area contributed by atoms with Gasteiger partial charge < -0.3 is 19.7 Å². The summed E-state index contributed by atoms with van der Waals surface area (Å²) in [6.45, 7) is 0. The van der Waals surface area contributed by atoms with Crippen LogP contribution in [0.5, 0.6) is 5.75 Å². The minimum Gasteiger partial charge on any atom is -0.481 e. The molecule has 9 heteroatoms. The second-order valence-electron chi connectivity index (χ2n) is 5.25. The first-order valence-corrected chi connectivity index (χ1v) is 7.15. The summed E-state index contributed by atoms with van der Waals surface area (Å²) in [5.41, 5.74) is 0.673. The number of aryl methyl sites for hydroxylation is 1. The quantitative estimate of drug-likeness (QED) is 0.834. The predicted octanol–water partition coefficient (Wildman–Crippen LogP) is 2.87. The molecule has 2 rings (SSSR count). The number of carbonyl (C=O) groups excluding carboxylic acids is 1. The monoisotopic (exact) mass is 356 g/mol. The van der Waals surface area contributed by atoms with Gasteiger partial charge in [-0.3, -0.25) is 9.59 Å². The highest BCUT2D eigenvalue weighted by molar-refractivity contribution is 5.93. The normalized spacial score (nSPS) is 12.5. The van der Waals surface area contributed by atoms with Gasteiger partial charge in [-0.2, -0.15) is 0 Å². The number of ether oxygens (including phenoxy) is 1. The van der Waals surface area contributed by atoms with Crippen LogP contribution in [0.4, 0.5) is 13.2 Å². The third-order valence-electron chi connectivity index (χ3n) is 3.38. The van der Waals surface area contributed by atoms with E-state index in [1.165, 1.54) is 12.1 Å². The minimum absolute atomic E-state index is 0.326. The molecule has 0 aliphatic rings. The van der Waals surface area contributed by atoms with Crippen LogP contribution in [-0.4, -0.2) is 27.9 Å². The maximum Gasteiger partial charge on any atom is 0.573 e. The summed E-state index contributed by atoms with van der Waals surface area (Å²) < 4.78 is 41.9. The first-order chi connectivity index (χ1) is 11.7. The molecule has 0 aliphatic carbocycles. The maximum absolute atomic E-state index is 12.2. The van der Waals surface area contributed by atoms with Gasteiger partial charge in [0.05, 0.1) is 12.5 Å². The zero-order valence-electron chi connectivity index (χ0n) is 13.1. The van der Waals surface area contributed by atoms with E-state index in [-0.39, 0.29) is 0 Å². The number of carboxylic acid groups (broad SMARTS) is 1. The lowest BCUT2D eigenvalue weighted by atomic mass is 10.0. The van der Waals surface area contributed by atoms with Crippen LogP contribution < -0.4 is 10.1 Å². The highest BCUT2D eigenvalue weighted by atomic mass is 19.4. The smallest absolute Gasteiger partial charge is 0.481 e. The van der Waals surface area contributed by atoms with E-state index in [1.54, 1.807) is 29.9 Å². The molecule has 1 unspecified atom stereocenters. The molecule has 6 nitrogen and oxygen atoms in total. The van der Waals surface area contributed by atoms with Crippen molar-refractivity contribution in [1.82, 2.24) is 9.88 Å². The van der Waals surface area contributed by atoms with Crippen molar-refractivity contribution >= 4 is 11.9 Å². The molecule has 134 valence electrons. The van der Waals surface area contributed by atoms with Crippen molar-refractivity contribution in [3.8, 4) is 5.75 Å². The molecule has 1 amide bonds. The number of nitrogens with zero attached hydrogens (tertiary/aromatic N) is 1. The summed E-state index contributed by atoms with van der Waals surface area (Å²) in [6.07, 6.45) is -3.58. The summed E-state index contributed by atoms with van der Waals surface area (Å²) in [7, 11) is 1.66. The number of benzene rings is 1. The number of amides is 1. The first-order valence-electron chi connectivity index (χ1n) is 7.15. The number of carboxylic acids is 1. The standard InChI is InChI=1S/C16H15F3N2O4/c1-21-8-2-3-13(21)15(24)20-12(9-14(22)23)10-4-6-11(7-5-10)25-16(17,18)19/h2-8,12H,9H2,1H3,(H,20,24)(H,22,23). The van der Waals surface area contributed by atoms with Crippen LogP contribution in [0.15, 0.2) is 42.6 Å². The van der Waals surface area contributed by atoms with Crippen LogP contribution in [-0.2, 0) is 11.8 Å². The summed E-state index contributed by atoms with van der Waals surface area (Å²) >= 11 is 0. The lowest BCUT2D eigenvalue weighted by molar-refractivity contribution is -0.274. The number of nitrogens with one attached hydrogen (secondary N) is 1. The van der Waals surface area contributed by atoms with Crippen molar-refractivity contribution in [1.29, 1.82) is 0 Å². The molecule has 1 heterocycles. The molecule has 0 saturated carbocycles. The number of carbonyl (C=O) groups is 2. The van der Waals surface area contributed by atoms with E-state index in [9.17, 15) is 22.8 Å². The van der Waals surface area contributed by atoms with Crippen molar-refractivity contribution in [3.05, 3.63) is 53.9 Å². The topological polar surface area (TPSA) is 80.6 Å². The van der Waals surface area contributed by atoms with E-state index in [4.69, 9.17) is 5.11 Å². The Kier molecular flexibility index (Phi) is 5.35. The molecule has 2 aromatic rings. The van der Waals surface area contributed by atoms with E-state index in [2.05, 4.69) is 10.1 Å². The molecule has 0 fully saturated rings. The summed E-state index contributed by atoms with van der Waals surface area (Å²) in [4.78, 5) is 23.3. The lowest BCUT2D eigenvalue weighted by Crippen LogP contribution is -2.31.